The van der Waals surface area contributed by atoms with E-state index in [1.807, 2.05) is 6.79 Å². The van der Waals surface area contributed by atoms with Gasteiger partial charge in [0.1, 0.15) is 18.7 Å². The van der Waals surface area contributed by atoms with Gasteiger partial charge in [-0.1, -0.05) is 36.4 Å². The normalized spacial score (nSPS) is 12.9. The Bertz CT molecular complexity index is 1180. The molecule has 7 nitrogen and oxygen atoms in total. The van der Waals surface area contributed by atoms with Crippen LogP contribution >= 0.6 is 0 Å². The third-order valence-electron chi connectivity index (χ3n) is 6.19. The highest BCUT2D eigenvalue weighted by atomic mass is 16.3. The molecular formula is C28H35N5O2. The number of nitriles is 1. The van der Waals surface area contributed by atoms with Gasteiger partial charge in [0.2, 0.25) is 0 Å². The zero-order valence-corrected chi connectivity index (χ0v) is 20.9. The van der Waals surface area contributed by atoms with E-state index >= 15 is 0 Å². The van der Waals surface area contributed by atoms with Gasteiger partial charge in [-0.2, -0.15) is 5.26 Å². The first-order chi connectivity index (χ1) is 16.9. The predicted molar refractivity (Wildman–Crippen MR) is 142 cm³/mol. The Kier molecular flexibility index (Phi) is 8.80. The molecule has 0 bridgehead atoms. The summed E-state index contributed by atoms with van der Waals surface area (Å²) in [5.74, 6) is 0.895. The van der Waals surface area contributed by atoms with Gasteiger partial charge in [-0.15, -0.1) is 0 Å². The van der Waals surface area contributed by atoms with Crippen molar-refractivity contribution in [2.75, 3.05) is 42.6 Å². The molecule has 0 radical (unpaired) electrons. The largest absolute Gasteiger partial charge is 0.395 e. The van der Waals surface area contributed by atoms with Gasteiger partial charge in [-0.3, -0.25) is 0 Å². The highest BCUT2D eigenvalue weighted by Gasteiger charge is 2.26. The lowest BCUT2D eigenvalue weighted by Gasteiger charge is -2.35. The molecule has 0 aliphatic carbocycles. The maximum atomic E-state index is 9.81. The van der Waals surface area contributed by atoms with E-state index in [4.69, 9.17) is 9.78 Å². The summed E-state index contributed by atoms with van der Waals surface area (Å²) in [6, 6.07) is 17.2. The van der Waals surface area contributed by atoms with E-state index in [1.165, 1.54) is 16.5 Å². The van der Waals surface area contributed by atoms with Crippen LogP contribution in [0.2, 0.25) is 0 Å². The molecular weight excluding hydrogens is 438 g/mol. The van der Waals surface area contributed by atoms with Crippen LogP contribution in [0, 0.1) is 11.3 Å². The molecule has 0 amide bonds. The molecule has 0 fully saturated rings. The first-order valence-electron chi connectivity index (χ1n) is 11.9. The number of hydrogen-bond acceptors (Lipinski definition) is 7. The molecule has 0 saturated carbocycles. The van der Waals surface area contributed by atoms with Gasteiger partial charge in [0, 0.05) is 61.1 Å². The standard InChI is InChI=1S/C27H33N5O.CH2O/c1-27(2,3)30-12-14-31(15-16-33)26-23-11-13-32(19-24(23)21(17-28)18-29-26)25-10-6-8-20-7-4-5-9-22(20)25;1-2/h4-10,18,30,33H,11-16,19H2,1-3H3;1H2. The molecule has 4 rings (SSSR count). The number of anilines is 2. The maximum Gasteiger partial charge on any atom is 0.132 e. The van der Waals surface area contributed by atoms with Crippen molar-refractivity contribution in [3.8, 4) is 6.07 Å². The van der Waals surface area contributed by atoms with Gasteiger partial charge in [0.15, 0.2) is 0 Å². The lowest BCUT2D eigenvalue weighted by atomic mass is 9.95. The number of carbonyl (C=O) groups excluding carboxylic acids is 1. The molecule has 1 aromatic heterocycles. The number of aliphatic hydroxyl groups excluding tert-OH is 1. The van der Waals surface area contributed by atoms with Crippen molar-refractivity contribution in [1.82, 2.24) is 10.3 Å². The summed E-state index contributed by atoms with van der Waals surface area (Å²) in [6.45, 7) is 12.1. The van der Waals surface area contributed by atoms with Gasteiger partial charge in [-0.05, 0) is 44.2 Å². The molecule has 2 heterocycles. The van der Waals surface area contributed by atoms with Crippen LogP contribution in [0.1, 0.15) is 37.5 Å². The molecule has 7 heteroatoms. The molecule has 0 spiro atoms. The highest BCUT2D eigenvalue weighted by molar-refractivity contribution is 5.94. The molecule has 0 unspecified atom stereocenters. The molecule has 1 aliphatic rings. The maximum absolute atomic E-state index is 9.81. The van der Waals surface area contributed by atoms with Gasteiger partial charge >= 0.3 is 0 Å². The average Bonchev–Trinajstić information content (AvgIpc) is 2.87. The fourth-order valence-electron chi connectivity index (χ4n) is 4.61. The number of rotatable bonds is 7. The second kappa shape index (κ2) is 11.8. The molecule has 2 aromatic carbocycles. The van der Waals surface area contributed by atoms with Gasteiger partial charge in [0.25, 0.3) is 0 Å². The molecule has 184 valence electrons. The monoisotopic (exact) mass is 473 g/mol. The number of pyridine rings is 1. The summed E-state index contributed by atoms with van der Waals surface area (Å²) < 4.78 is 0. The van der Waals surface area contributed by atoms with Gasteiger partial charge in [-0.25, -0.2) is 4.98 Å². The number of aliphatic hydroxyl groups is 1. The Morgan fingerprint density at radius 3 is 2.60 bits per heavy atom. The lowest BCUT2D eigenvalue weighted by Crippen LogP contribution is -2.43. The molecule has 0 saturated heterocycles. The summed E-state index contributed by atoms with van der Waals surface area (Å²) in [6.07, 6.45) is 2.51. The Morgan fingerprint density at radius 1 is 1.14 bits per heavy atom. The number of benzene rings is 2. The molecule has 0 atom stereocenters. The number of fused-ring (bicyclic) bond motifs is 2. The van der Waals surface area contributed by atoms with Crippen LogP contribution in [0.15, 0.2) is 48.7 Å². The van der Waals surface area contributed by atoms with Crippen LogP contribution < -0.4 is 15.1 Å². The zero-order valence-electron chi connectivity index (χ0n) is 20.9. The Labute approximate surface area is 208 Å². The van der Waals surface area contributed by atoms with Crippen molar-refractivity contribution >= 4 is 29.1 Å². The second-order valence-corrected chi connectivity index (χ2v) is 9.62. The van der Waals surface area contributed by atoms with Gasteiger partial charge in [0.05, 0.1) is 12.2 Å². The summed E-state index contributed by atoms with van der Waals surface area (Å²) in [5.41, 5.74) is 4.04. The molecule has 3 aromatic rings. The Balaban J connectivity index is 0.00000167. The molecule has 35 heavy (non-hydrogen) atoms. The van der Waals surface area contributed by atoms with Crippen LogP contribution in [0.25, 0.3) is 10.8 Å². The minimum atomic E-state index is 0.0291. The number of hydrogen-bond donors (Lipinski definition) is 2. The predicted octanol–water partition coefficient (Wildman–Crippen LogP) is 3.67. The Hall–Kier alpha value is -3.47. The quantitative estimate of drug-likeness (QED) is 0.541. The van der Waals surface area contributed by atoms with Crippen molar-refractivity contribution < 1.29 is 9.90 Å². The number of carbonyl (C=O) groups is 1. The van der Waals surface area contributed by atoms with E-state index in [2.05, 4.69) is 84.4 Å². The Morgan fingerprint density at radius 2 is 1.89 bits per heavy atom. The minimum absolute atomic E-state index is 0.0291. The molecule has 2 N–H and O–H groups in total. The number of aromatic nitrogens is 1. The number of nitrogens with one attached hydrogen (secondary N) is 1. The van der Waals surface area contributed by atoms with E-state index in [-0.39, 0.29) is 12.1 Å². The average molecular weight is 474 g/mol. The van der Waals surface area contributed by atoms with E-state index in [1.54, 1.807) is 6.20 Å². The van der Waals surface area contributed by atoms with Crippen LogP contribution in [0.4, 0.5) is 11.5 Å². The summed E-state index contributed by atoms with van der Waals surface area (Å²) in [7, 11) is 0. The zero-order chi connectivity index (χ0) is 25.4. The van der Waals surface area contributed by atoms with Crippen LogP contribution in [0.3, 0.4) is 0 Å². The van der Waals surface area contributed by atoms with E-state index < -0.39 is 0 Å². The first-order valence-corrected chi connectivity index (χ1v) is 11.9. The van der Waals surface area contributed by atoms with Crippen molar-refractivity contribution in [2.24, 2.45) is 0 Å². The summed E-state index contributed by atoms with van der Waals surface area (Å²) in [4.78, 5) is 17.2. The first kappa shape index (κ1) is 26.1. The SMILES string of the molecule is C=O.CC(C)(C)NCCN(CCO)c1ncc(C#N)c2c1CCN(c1cccc3ccccc13)C2. The fourth-order valence-corrected chi connectivity index (χ4v) is 4.61. The minimum Gasteiger partial charge on any atom is -0.395 e. The summed E-state index contributed by atoms with van der Waals surface area (Å²) >= 11 is 0. The van der Waals surface area contributed by atoms with E-state index in [0.29, 0.717) is 18.7 Å². The van der Waals surface area contributed by atoms with Crippen LogP contribution in [0.5, 0.6) is 0 Å². The third kappa shape index (κ3) is 6.16. The van der Waals surface area contributed by atoms with Crippen molar-refractivity contribution in [1.29, 1.82) is 5.26 Å². The van der Waals surface area contributed by atoms with Crippen LogP contribution in [-0.4, -0.2) is 55.2 Å². The lowest BCUT2D eigenvalue weighted by molar-refractivity contribution is -0.0980. The van der Waals surface area contributed by atoms with E-state index in [0.717, 1.165) is 43.0 Å². The van der Waals surface area contributed by atoms with Gasteiger partial charge < -0.3 is 25.0 Å². The number of nitrogens with zero attached hydrogens (tertiary/aromatic N) is 4. The van der Waals surface area contributed by atoms with Crippen molar-refractivity contribution in [3.05, 3.63) is 65.4 Å². The van der Waals surface area contributed by atoms with Crippen molar-refractivity contribution in [3.63, 3.8) is 0 Å². The van der Waals surface area contributed by atoms with Crippen molar-refractivity contribution in [2.45, 2.75) is 39.3 Å². The molecule has 1 aliphatic heterocycles. The fraction of sp³-hybridized carbons (Fsp3) is 0.393. The second-order valence-electron chi connectivity index (χ2n) is 9.62. The van der Waals surface area contributed by atoms with E-state index in [9.17, 15) is 10.4 Å². The summed E-state index contributed by atoms with van der Waals surface area (Å²) in [5, 5.41) is 25.5. The topological polar surface area (TPSA) is 92.5 Å². The smallest absolute Gasteiger partial charge is 0.132 e. The van der Waals surface area contributed by atoms with Crippen LogP contribution in [-0.2, 0) is 17.8 Å². The third-order valence-corrected chi connectivity index (χ3v) is 6.19. The highest BCUT2D eigenvalue weighted by Crippen LogP contribution is 2.34.